The first kappa shape index (κ1) is 18.9. The van der Waals surface area contributed by atoms with Crippen molar-refractivity contribution in [3.05, 3.63) is 63.7 Å². The Kier molecular flexibility index (Phi) is 6.26. The number of hydrogen-bond donors (Lipinski definition) is 1. The molecule has 8 heteroatoms. The third-order valence-corrected chi connectivity index (χ3v) is 3.42. The van der Waals surface area contributed by atoms with Crippen molar-refractivity contribution in [2.75, 3.05) is 18.5 Å². The summed E-state index contributed by atoms with van der Waals surface area (Å²) >= 11 is 0. The number of ether oxygens (including phenoxy) is 2. The molecule has 0 aromatic heterocycles. The maximum atomic E-state index is 11.9. The normalized spacial score (nSPS) is 10.1. The maximum absolute atomic E-state index is 11.9. The highest BCUT2D eigenvalue weighted by molar-refractivity contribution is 5.93. The minimum Gasteiger partial charge on any atom is -0.482 e. The van der Waals surface area contributed by atoms with Crippen molar-refractivity contribution in [2.45, 2.75) is 13.8 Å². The van der Waals surface area contributed by atoms with Crippen molar-refractivity contribution in [2.24, 2.45) is 0 Å². The van der Waals surface area contributed by atoms with E-state index >= 15 is 0 Å². The number of rotatable bonds is 7. The van der Waals surface area contributed by atoms with Gasteiger partial charge in [0.15, 0.2) is 13.2 Å². The summed E-state index contributed by atoms with van der Waals surface area (Å²) in [5.74, 6) is -0.770. The van der Waals surface area contributed by atoms with Crippen LogP contribution in [0, 0.1) is 24.0 Å². The van der Waals surface area contributed by atoms with Crippen LogP contribution in [-0.2, 0) is 14.3 Å². The van der Waals surface area contributed by atoms with Crippen molar-refractivity contribution in [3.63, 3.8) is 0 Å². The fourth-order valence-electron chi connectivity index (χ4n) is 2.08. The van der Waals surface area contributed by atoms with Crippen LogP contribution in [-0.4, -0.2) is 30.0 Å². The highest BCUT2D eigenvalue weighted by Gasteiger charge is 2.13. The molecule has 2 aromatic carbocycles. The van der Waals surface area contributed by atoms with Gasteiger partial charge in [-0.25, -0.2) is 4.79 Å². The summed E-state index contributed by atoms with van der Waals surface area (Å²) in [6.07, 6.45) is 0. The third-order valence-electron chi connectivity index (χ3n) is 3.42. The van der Waals surface area contributed by atoms with Crippen molar-refractivity contribution in [3.8, 4) is 5.75 Å². The minimum atomic E-state index is -0.697. The summed E-state index contributed by atoms with van der Waals surface area (Å²) in [6, 6.07) is 11.3. The Morgan fingerprint density at radius 3 is 2.58 bits per heavy atom. The molecule has 1 amide bonds. The largest absolute Gasteiger partial charge is 0.482 e. The molecule has 0 unspecified atom stereocenters. The maximum Gasteiger partial charge on any atom is 0.344 e. The number of anilines is 1. The lowest BCUT2D eigenvalue weighted by molar-refractivity contribution is -0.384. The van der Waals surface area contributed by atoms with Gasteiger partial charge in [0.1, 0.15) is 5.75 Å². The Labute approximate surface area is 149 Å². The third kappa shape index (κ3) is 5.59. The van der Waals surface area contributed by atoms with E-state index in [1.807, 2.05) is 13.0 Å². The predicted octanol–water partition coefficient (Wildman–Crippen LogP) is 2.77. The monoisotopic (exact) mass is 358 g/mol. The molecule has 136 valence electrons. The van der Waals surface area contributed by atoms with E-state index in [9.17, 15) is 19.7 Å². The summed E-state index contributed by atoms with van der Waals surface area (Å²) in [7, 11) is 0. The number of nitro benzene ring substituents is 1. The summed E-state index contributed by atoms with van der Waals surface area (Å²) < 4.78 is 10.1. The van der Waals surface area contributed by atoms with E-state index in [0.717, 1.165) is 5.56 Å². The van der Waals surface area contributed by atoms with E-state index in [2.05, 4.69) is 5.32 Å². The molecule has 0 aliphatic rings. The molecule has 0 atom stereocenters. The molecule has 1 N–H and O–H groups in total. The van der Waals surface area contributed by atoms with Gasteiger partial charge in [-0.05, 0) is 37.1 Å². The Hall–Kier alpha value is -3.42. The molecule has 0 bridgehead atoms. The number of carbonyl (C=O) groups is 2. The van der Waals surface area contributed by atoms with Gasteiger partial charge in [0, 0.05) is 12.1 Å². The molecule has 0 heterocycles. The highest BCUT2D eigenvalue weighted by atomic mass is 16.6. The molecular weight excluding hydrogens is 340 g/mol. The Morgan fingerprint density at radius 2 is 1.88 bits per heavy atom. The molecule has 0 aliphatic carbocycles. The number of amides is 1. The van der Waals surface area contributed by atoms with Crippen LogP contribution in [0.1, 0.15) is 11.1 Å². The van der Waals surface area contributed by atoms with Gasteiger partial charge in [0.2, 0.25) is 0 Å². The second kappa shape index (κ2) is 8.61. The summed E-state index contributed by atoms with van der Waals surface area (Å²) in [5, 5.41) is 13.3. The van der Waals surface area contributed by atoms with Crippen LogP contribution in [0.25, 0.3) is 0 Å². The lowest BCUT2D eigenvalue weighted by atomic mass is 10.2. The van der Waals surface area contributed by atoms with Gasteiger partial charge >= 0.3 is 5.97 Å². The molecule has 0 spiro atoms. The van der Waals surface area contributed by atoms with Crippen LogP contribution < -0.4 is 10.1 Å². The zero-order valence-corrected chi connectivity index (χ0v) is 14.4. The zero-order valence-electron chi connectivity index (χ0n) is 14.4. The van der Waals surface area contributed by atoms with E-state index in [1.54, 1.807) is 25.1 Å². The Bertz CT molecular complexity index is 834. The van der Waals surface area contributed by atoms with Crippen molar-refractivity contribution >= 4 is 23.3 Å². The van der Waals surface area contributed by atoms with Gasteiger partial charge in [-0.1, -0.05) is 18.2 Å². The van der Waals surface area contributed by atoms with Gasteiger partial charge in [-0.2, -0.15) is 0 Å². The first-order valence-electron chi connectivity index (χ1n) is 7.75. The van der Waals surface area contributed by atoms with E-state index in [4.69, 9.17) is 9.47 Å². The average Bonchev–Trinajstić information content (AvgIpc) is 2.60. The van der Waals surface area contributed by atoms with Crippen LogP contribution in [0.3, 0.4) is 0 Å². The van der Waals surface area contributed by atoms with Crippen LogP contribution in [0.4, 0.5) is 11.4 Å². The summed E-state index contributed by atoms with van der Waals surface area (Å²) in [4.78, 5) is 33.7. The van der Waals surface area contributed by atoms with E-state index in [0.29, 0.717) is 11.3 Å². The first-order valence-corrected chi connectivity index (χ1v) is 7.75. The SMILES string of the molecule is Cc1cccc(OCC(=O)OCC(=O)Nc2cc([N+](=O)[O-])ccc2C)c1. The topological polar surface area (TPSA) is 108 Å². The second-order valence-corrected chi connectivity index (χ2v) is 5.57. The van der Waals surface area contributed by atoms with Gasteiger partial charge in [-0.3, -0.25) is 14.9 Å². The first-order chi connectivity index (χ1) is 12.3. The number of nitrogens with zero attached hydrogens (tertiary/aromatic N) is 1. The number of hydrogen-bond acceptors (Lipinski definition) is 6. The van der Waals surface area contributed by atoms with Crippen molar-refractivity contribution in [1.29, 1.82) is 0 Å². The second-order valence-electron chi connectivity index (χ2n) is 5.57. The minimum absolute atomic E-state index is 0.144. The number of nitro groups is 1. The number of aryl methyl sites for hydroxylation is 2. The fraction of sp³-hybridized carbons (Fsp3) is 0.222. The smallest absolute Gasteiger partial charge is 0.344 e. The number of nitrogens with one attached hydrogen (secondary N) is 1. The standard InChI is InChI=1S/C18H18N2O6/c1-12-4-3-5-15(8-12)25-11-18(22)26-10-17(21)19-16-9-14(20(23)24)7-6-13(16)2/h3-9H,10-11H2,1-2H3,(H,19,21). The van der Waals surface area contributed by atoms with E-state index in [-0.39, 0.29) is 18.0 Å². The molecule has 26 heavy (non-hydrogen) atoms. The number of non-ortho nitro benzene ring substituents is 1. The van der Waals surface area contributed by atoms with Crippen molar-refractivity contribution in [1.82, 2.24) is 0 Å². The van der Waals surface area contributed by atoms with Gasteiger partial charge < -0.3 is 14.8 Å². The van der Waals surface area contributed by atoms with Gasteiger partial charge in [0.05, 0.1) is 10.6 Å². The quantitative estimate of drug-likeness (QED) is 0.463. The highest BCUT2D eigenvalue weighted by Crippen LogP contribution is 2.21. The molecule has 0 aliphatic heterocycles. The van der Waals surface area contributed by atoms with Crippen molar-refractivity contribution < 1.29 is 24.0 Å². The number of carbonyl (C=O) groups excluding carboxylic acids is 2. The van der Waals surface area contributed by atoms with Gasteiger partial charge in [0.25, 0.3) is 11.6 Å². The average molecular weight is 358 g/mol. The van der Waals surface area contributed by atoms with Crippen LogP contribution in [0.15, 0.2) is 42.5 Å². The summed E-state index contributed by atoms with van der Waals surface area (Å²) in [5.41, 5.74) is 1.78. The molecule has 2 rings (SSSR count). The lowest BCUT2D eigenvalue weighted by Crippen LogP contribution is -2.24. The van der Waals surface area contributed by atoms with Crippen LogP contribution in [0.5, 0.6) is 5.75 Å². The van der Waals surface area contributed by atoms with E-state index < -0.39 is 23.4 Å². The lowest BCUT2D eigenvalue weighted by Gasteiger charge is -2.09. The molecule has 8 nitrogen and oxygen atoms in total. The van der Waals surface area contributed by atoms with Crippen LogP contribution in [0.2, 0.25) is 0 Å². The van der Waals surface area contributed by atoms with Gasteiger partial charge in [-0.15, -0.1) is 0 Å². The Morgan fingerprint density at radius 1 is 1.12 bits per heavy atom. The molecular formula is C18H18N2O6. The fourth-order valence-corrected chi connectivity index (χ4v) is 2.08. The Balaban J connectivity index is 1.82. The summed E-state index contributed by atoms with van der Waals surface area (Å²) in [6.45, 7) is 2.75. The predicted molar refractivity (Wildman–Crippen MR) is 94.1 cm³/mol. The zero-order chi connectivity index (χ0) is 19.1. The molecule has 0 radical (unpaired) electrons. The van der Waals surface area contributed by atoms with E-state index in [1.165, 1.54) is 18.2 Å². The number of esters is 1. The molecule has 2 aromatic rings. The number of benzene rings is 2. The molecule has 0 saturated heterocycles. The molecule has 0 saturated carbocycles. The van der Waals surface area contributed by atoms with Crippen LogP contribution >= 0.6 is 0 Å². The molecule has 0 fully saturated rings.